The molecule has 0 aliphatic heterocycles. The highest BCUT2D eigenvalue weighted by molar-refractivity contribution is 9.10. The van der Waals surface area contributed by atoms with Gasteiger partial charge in [0.05, 0.1) is 19.8 Å². The first-order valence-electron chi connectivity index (χ1n) is 6.59. The van der Waals surface area contributed by atoms with Crippen LogP contribution in [0.15, 0.2) is 16.6 Å². The van der Waals surface area contributed by atoms with E-state index in [0.717, 1.165) is 0 Å². The molecule has 3 amide bonds. The summed E-state index contributed by atoms with van der Waals surface area (Å²) in [5, 5.41) is 4.40. The third kappa shape index (κ3) is 5.44. The van der Waals surface area contributed by atoms with Crippen LogP contribution in [-0.4, -0.2) is 45.3 Å². The summed E-state index contributed by atoms with van der Waals surface area (Å²) in [5.41, 5.74) is 0.146. The molecule has 8 nitrogen and oxygen atoms in total. The molecule has 1 aromatic carbocycles. The molecule has 0 aliphatic carbocycles. The average Bonchev–Trinajstić information content (AvgIpc) is 2.52. The van der Waals surface area contributed by atoms with Crippen LogP contribution in [0, 0.1) is 0 Å². The zero-order valence-corrected chi connectivity index (χ0v) is 14.5. The molecule has 9 heteroatoms. The number of imide groups is 1. The first-order chi connectivity index (χ1) is 10.9. The molecule has 0 unspecified atom stereocenters. The second kappa shape index (κ2) is 8.99. The molecule has 2 N–H and O–H groups in total. The maximum absolute atomic E-state index is 12.0. The summed E-state index contributed by atoms with van der Waals surface area (Å²) in [7, 11) is 2.88. The van der Waals surface area contributed by atoms with Gasteiger partial charge in [-0.15, -0.1) is 0 Å². The Morgan fingerprint density at radius 3 is 2.17 bits per heavy atom. The Morgan fingerprint density at radius 2 is 1.70 bits per heavy atom. The van der Waals surface area contributed by atoms with Gasteiger partial charge >= 0.3 is 12.0 Å². The van der Waals surface area contributed by atoms with Crippen LogP contribution in [0.4, 0.5) is 4.79 Å². The van der Waals surface area contributed by atoms with Gasteiger partial charge in [0.25, 0.3) is 5.91 Å². The Balaban J connectivity index is 2.71. The quantitative estimate of drug-likeness (QED) is 0.715. The normalized spacial score (nSPS) is 9.74. The van der Waals surface area contributed by atoms with Crippen molar-refractivity contribution in [1.82, 2.24) is 10.6 Å². The van der Waals surface area contributed by atoms with E-state index < -0.39 is 24.5 Å². The number of benzene rings is 1. The lowest BCUT2D eigenvalue weighted by Gasteiger charge is -2.11. The van der Waals surface area contributed by atoms with Crippen molar-refractivity contribution in [2.45, 2.75) is 6.92 Å². The van der Waals surface area contributed by atoms with Crippen molar-refractivity contribution < 1.29 is 28.6 Å². The molecule has 0 bridgehead atoms. The zero-order chi connectivity index (χ0) is 17.4. The van der Waals surface area contributed by atoms with Gasteiger partial charge in [0.15, 0.2) is 6.61 Å². The first-order valence-corrected chi connectivity index (χ1v) is 7.38. The Kier molecular flexibility index (Phi) is 7.33. The molecule has 1 rings (SSSR count). The van der Waals surface area contributed by atoms with Crippen LogP contribution < -0.4 is 20.1 Å². The minimum absolute atomic E-state index is 0.146. The van der Waals surface area contributed by atoms with Gasteiger partial charge < -0.3 is 19.5 Å². The van der Waals surface area contributed by atoms with Crippen LogP contribution in [0.5, 0.6) is 11.5 Å². The molecule has 0 aromatic heterocycles. The van der Waals surface area contributed by atoms with Crippen LogP contribution >= 0.6 is 15.9 Å². The third-order valence-electron chi connectivity index (χ3n) is 2.61. The minimum Gasteiger partial charge on any atom is -0.495 e. The van der Waals surface area contributed by atoms with Gasteiger partial charge in [0.1, 0.15) is 16.0 Å². The number of nitrogens with one attached hydrogen (secondary N) is 2. The summed E-state index contributed by atoms with van der Waals surface area (Å²) < 4.78 is 15.6. The van der Waals surface area contributed by atoms with E-state index in [-0.39, 0.29) is 5.56 Å². The molecule has 0 atom stereocenters. The number of carbonyl (C=O) groups is 3. The molecule has 0 radical (unpaired) electrons. The van der Waals surface area contributed by atoms with Gasteiger partial charge in [-0.1, -0.05) is 0 Å². The number of carbonyl (C=O) groups excluding carboxylic acids is 3. The Morgan fingerprint density at radius 1 is 1.13 bits per heavy atom. The van der Waals surface area contributed by atoms with Gasteiger partial charge in [0.2, 0.25) is 0 Å². The lowest BCUT2D eigenvalue weighted by Crippen LogP contribution is -2.41. The predicted octanol–water partition coefficient (Wildman–Crippen LogP) is 1.47. The summed E-state index contributed by atoms with van der Waals surface area (Å²) in [6, 6.07) is 2.23. The van der Waals surface area contributed by atoms with Crippen molar-refractivity contribution in [3.63, 3.8) is 0 Å². The molecule has 0 aliphatic rings. The zero-order valence-electron chi connectivity index (χ0n) is 12.9. The van der Waals surface area contributed by atoms with Gasteiger partial charge in [-0.25, -0.2) is 9.59 Å². The molecule has 0 fully saturated rings. The van der Waals surface area contributed by atoms with E-state index in [2.05, 4.69) is 21.2 Å². The van der Waals surface area contributed by atoms with Gasteiger partial charge in [-0.2, -0.15) is 0 Å². The molecule has 0 saturated carbocycles. The summed E-state index contributed by atoms with van der Waals surface area (Å²) in [6.07, 6.45) is 0. The number of amides is 3. The lowest BCUT2D eigenvalue weighted by atomic mass is 10.2. The molecule has 0 saturated heterocycles. The number of ether oxygens (including phenoxy) is 3. The number of rotatable bonds is 6. The fourth-order valence-corrected chi connectivity index (χ4v) is 2.12. The maximum atomic E-state index is 12.0. The Labute approximate surface area is 141 Å². The summed E-state index contributed by atoms with van der Waals surface area (Å²) in [6.45, 7) is 1.49. The van der Waals surface area contributed by atoms with Crippen LogP contribution in [0.3, 0.4) is 0 Å². The number of urea groups is 1. The van der Waals surface area contributed by atoms with Gasteiger partial charge in [0, 0.05) is 6.54 Å². The molecular weight excluding hydrogens is 372 g/mol. The van der Waals surface area contributed by atoms with Gasteiger partial charge in [-0.05, 0) is 35.0 Å². The predicted molar refractivity (Wildman–Crippen MR) is 84.7 cm³/mol. The summed E-state index contributed by atoms with van der Waals surface area (Å²) in [5.74, 6) is -0.730. The van der Waals surface area contributed by atoms with Crippen LogP contribution in [-0.2, 0) is 9.53 Å². The van der Waals surface area contributed by atoms with Crippen molar-refractivity contribution in [2.24, 2.45) is 0 Å². The maximum Gasteiger partial charge on any atom is 0.338 e. The number of esters is 1. The monoisotopic (exact) mass is 388 g/mol. The number of hydrogen-bond donors (Lipinski definition) is 2. The average molecular weight is 389 g/mol. The highest BCUT2D eigenvalue weighted by Gasteiger charge is 2.17. The van der Waals surface area contributed by atoms with E-state index in [1.165, 1.54) is 26.4 Å². The van der Waals surface area contributed by atoms with Crippen LogP contribution in [0.1, 0.15) is 17.3 Å². The summed E-state index contributed by atoms with van der Waals surface area (Å²) >= 11 is 3.28. The topological polar surface area (TPSA) is 103 Å². The van der Waals surface area contributed by atoms with E-state index in [9.17, 15) is 14.4 Å². The highest BCUT2D eigenvalue weighted by atomic mass is 79.9. The van der Waals surface area contributed by atoms with Crippen molar-refractivity contribution in [2.75, 3.05) is 27.4 Å². The largest absolute Gasteiger partial charge is 0.495 e. The van der Waals surface area contributed by atoms with Crippen LogP contribution in [0.2, 0.25) is 0 Å². The molecule has 0 spiro atoms. The first kappa shape index (κ1) is 18.8. The molecular formula is C14H17BrN2O6. The minimum atomic E-state index is -0.750. The Hall–Kier alpha value is -2.29. The molecule has 1 aromatic rings. The van der Waals surface area contributed by atoms with E-state index in [1.54, 1.807) is 6.92 Å². The smallest absolute Gasteiger partial charge is 0.338 e. The molecule has 0 heterocycles. The Bertz CT molecular complexity index is 580. The molecule has 126 valence electrons. The van der Waals surface area contributed by atoms with Crippen LogP contribution in [0.25, 0.3) is 0 Å². The van der Waals surface area contributed by atoms with E-state index in [4.69, 9.17) is 14.2 Å². The van der Waals surface area contributed by atoms with E-state index in [0.29, 0.717) is 22.5 Å². The highest BCUT2D eigenvalue weighted by Crippen LogP contribution is 2.35. The second-order valence-electron chi connectivity index (χ2n) is 4.18. The van der Waals surface area contributed by atoms with E-state index >= 15 is 0 Å². The lowest BCUT2D eigenvalue weighted by molar-refractivity contribution is -0.123. The SMILES string of the molecule is CCNC(=O)NC(=O)COC(=O)c1cc(OC)c(Br)c(OC)c1. The van der Waals surface area contributed by atoms with Crippen molar-refractivity contribution in [1.29, 1.82) is 0 Å². The number of hydrogen-bond acceptors (Lipinski definition) is 6. The van der Waals surface area contributed by atoms with E-state index in [1.807, 2.05) is 5.32 Å². The second-order valence-corrected chi connectivity index (χ2v) is 4.97. The van der Waals surface area contributed by atoms with Crippen molar-refractivity contribution >= 4 is 33.8 Å². The fraction of sp³-hybridized carbons (Fsp3) is 0.357. The molecule has 23 heavy (non-hydrogen) atoms. The number of halogens is 1. The van der Waals surface area contributed by atoms with Crippen molar-refractivity contribution in [3.8, 4) is 11.5 Å². The van der Waals surface area contributed by atoms with Gasteiger partial charge in [-0.3, -0.25) is 10.1 Å². The fourth-order valence-electron chi connectivity index (χ4n) is 1.57. The third-order valence-corrected chi connectivity index (χ3v) is 3.39. The van der Waals surface area contributed by atoms with Crippen molar-refractivity contribution in [3.05, 3.63) is 22.2 Å². The standard InChI is InChI=1S/C14H17BrN2O6/c1-4-16-14(20)17-11(18)7-23-13(19)8-5-9(21-2)12(15)10(6-8)22-3/h5-6H,4,7H2,1-3H3,(H2,16,17,18,20). The number of methoxy groups -OCH3 is 2. The summed E-state index contributed by atoms with van der Waals surface area (Å²) in [4.78, 5) is 34.6.